The summed E-state index contributed by atoms with van der Waals surface area (Å²) in [6, 6.07) is 2.83. The van der Waals surface area contributed by atoms with E-state index in [2.05, 4.69) is 11.6 Å². The van der Waals surface area contributed by atoms with E-state index in [1.807, 2.05) is 0 Å². The third-order valence-electron chi connectivity index (χ3n) is 2.76. The zero-order valence-corrected chi connectivity index (χ0v) is 11.3. The fraction of sp³-hybridized carbons (Fsp3) is 0.231. The van der Waals surface area contributed by atoms with Crippen molar-refractivity contribution in [2.75, 3.05) is 6.54 Å². The number of carbonyl (C=O) groups excluding carboxylic acids is 3. The van der Waals surface area contributed by atoms with E-state index in [1.165, 1.54) is 24.4 Å². The Labute approximate surface area is 119 Å². The molecule has 2 amide bonds. The number of carboxylic acids is 1. The Hall–Kier alpha value is -2.15. The highest BCUT2D eigenvalue weighted by Gasteiger charge is 2.38. The molecule has 104 valence electrons. The Morgan fingerprint density at radius 2 is 2.35 bits per heavy atom. The van der Waals surface area contributed by atoms with Crippen LogP contribution in [0.1, 0.15) is 16.8 Å². The normalized spacial score (nSPS) is 18.4. The lowest BCUT2D eigenvalue weighted by molar-refractivity contribution is -0.255. The van der Waals surface area contributed by atoms with Crippen LogP contribution < -0.4 is 5.11 Å². The summed E-state index contributed by atoms with van der Waals surface area (Å²) in [6.07, 6.45) is 2.92. The number of hydrogen-bond acceptors (Lipinski definition) is 6. The zero-order chi connectivity index (χ0) is 14.7. The molecule has 1 aliphatic rings. The standard InChI is InChI=1S/C13H12N2O4S/c1-2-6-15-10(16)7-9(12(15)17)20-11-8(13(18)19)4-3-5-14-11/h2-5,9H,1,6-7H2,(H,18,19)/p-1/t9-/m0/s1. The molecule has 6 nitrogen and oxygen atoms in total. The molecule has 0 unspecified atom stereocenters. The van der Waals surface area contributed by atoms with Gasteiger partial charge in [-0.3, -0.25) is 14.5 Å². The maximum absolute atomic E-state index is 12.0. The van der Waals surface area contributed by atoms with E-state index in [1.54, 1.807) is 0 Å². The summed E-state index contributed by atoms with van der Waals surface area (Å²) in [5, 5.41) is 10.5. The first-order valence-corrected chi connectivity index (χ1v) is 6.70. The summed E-state index contributed by atoms with van der Waals surface area (Å²) in [4.78, 5) is 39.7. The molecule has 0 saturated carbocycles. The van der Waals surface area contributed by atoms with Gasteiger partial charge in [0.05, 0.1) is 11.2 Å². The summed E-state index contributed by atoms with van der Waals surface area (Å²) < 4.78 is 0. The number of aromatic carboxylic acids is 1. The van der Waals surface area contributed by atoms with Crippen molar-refractivity contribution in [2.24, 2.45) is 0 Å². The van der Waals surface area contributed by atoms with Gasteiger partial charge >= 0.3 is 0 Å². The molecule has 2 heterocycles. The quantitative estimate of drug-likeness (QED) is 0.553. The van der Waals surface area contributed by atoms with Gasteiger partial charge in [-0.1, -0.05) is 17.8 Å². The molecule has 0 bridgehead atoms. The van der Waals surface area contributed by atoms with Crippen molar-refractivity contribution in [3.05, 3.63) is 36.5 Å². The Balaban J connectivity index is 2.19. The number of likely N-dealkylation sites (tertiary alicyclic amines) is 1. The summed E-state index contributed by atoms with van der Waals surface area (Å²) in [6.45, 7) is 3.65. The number of aromatic nitrogens is 1. The average Bonchev–Trinajstić information content (AvgIpc) is 2.67. The van der Waals surface area contributed by atoms with Gasteiger partial charge < -0.3 is 9.90 Å². The second-order valence-electron chi connectivity index (χ2n) is 4.09. The van der Waals surface area contributed by atoms with E-state index < -0.39 is 11.2 Å². The minimum absolute atomic E-state index is 0.0282. The molecule has 0 radical (unpaired) electrons. The van der Waals surface area contributed by atoms with Crippen molar-refractivity contribution in [1.82, 2.24) is 9.88 Å². The number of pyridine rings is 1. The molecule has 0 N–H and O–H groups in total. The molecule has 1 aliphatic heterocycles. The molecule has 1 saturated heterocycles. The zero-order valence-electron chi connectivity index (χ0n) is 10.4. The highest BCUT2D eigenvalue weighted by Crippen LogP contribution is 2.31. The SMILES string of the molecule is C=CCN1C(=O)C[C@H](Sc2ncccc2C(=O)[O-])C1=O. The van der Waals surface area contributed by atoms with E-state index in [9.17, 15) is 19.5 Å². The van der Waals surface area contributed by atoms with Crippen molar-refractivity contribution in [1.29, 1.82) is 0 Å². The summed E-state index contributed by atoms with van der Waals surface area (Å²) in [5.41, 5.74) is -0.0834. The van der Waals surface area contributed by atoms with Crippen LogP contribution in [0.25, 0.3) is 0 Å². The van der Waals surface area contributed by atoms with Crippen LogP contribution in [0, 0.1) is 0 Å². The van der Waals surface area contributed by atoms with Gasteiger partial charge in [-0.15, -0.1) is 6.58 Å². The maximum Gasteiger partial charge on any atom is 0.243 e. The second-order valence-corrected chi connectivity index (χ2v) is 5.28. The van der Waals surface area contributed by atoms with Gasteiger partial charge in [0, 0.05) is 24.7 Å². The number of imide groups is 1. The lowest BCUT2D eigenvalue weighted by Gasteiger charge is -2.13. The number of hydrogen-bond donors (Lipinski definition) is 0. The molecule has 1 aromatic heterocycles. The van der Waals surface area contributed by atoms with Crippen LogP contribution in [0.15, 0.2) is 36.0 Å². The van der Waals surface area contributed by atoms with E-state index in [0.29, 0.717) is 0 Å². The van der Waals surface area contributed by atoms with Gasteiger partial charge in [-0.25, -0.2) is 4.98 Å². The number of nitrogens with zero attached hydrogens (tertiary/aromatic N) is 2. The predicted molar refractivity (Wildman–Crippen MR) is 69.7 cm³/mol. The van der Waals surface area contributed by atoms with Crippen LogP contribution in [-0.2, 0) is 9.59 Å². The van der Waals surface area contributed by atoms with Gasteiger partial charge in [0.25, 0.3) is 0 Å². The van der Waals surface area contributed by atoms with Crippen LogP contribution in [0.3, 0.4) is 0 Å². The van der Waals surface area contributed by atoms with Crippen molar-refractivity contribution < 1.29 is 19.5 Å². The van der Waals surface area contributed by atoms with E-state index in [-0.39, 0.29) is 35.4 Å². The van der Waals surface area contributed by atoms with Gasteiger partial charge in [-0.2, -0.15) is 0 Å². The molecule has 0 aliphatic carbocycles. The van der Waals surface area contributed by atoms with Gasteiger partial charge in [0.15, 0.2) is 0 Å². The molecule has 2 rings (SSSR count). The van der Waals surface area contributed by atoms with Gasteiger partial charge in [0.1, 0.15) is 5.03 Å². The van der Waals surface area contributed by atoms with E-state index in [0.717, 1.165) is 16.7 Å². The lowest BCUT2D eigenvalue weighted by atomic mass is 10.3. The van der Waals surface area contributed by atoms with Crippen molar-refractivity contribution in [3.8, 4) is 0 Å². The first kappa shape index (κ1) is 14.3. The largest absolute Gasteiger partial charge is 0.545 e. The minimum Gasteiger partial charge on any atom is -0.545 e. The van der Waals surface area contributed by atoms with E-state index in [4.69, 9.17) is 0 Å². The van der Waals surface area contributed by atoms with E-state index >= 15 is 0 Å². The Kier molecular flexibility index (Phi) is 4.19. The van der Waals surface area contributed by atoms with Crippen molar-refractivity contribution in [2.45, 2.75) is 16.7 Å². The summed E-state index contributed by atoms with van der Waals surface area (Å²) in [5.74, 6) is -2.01. The van der Waals surface area contributed by atoms with Crippen LogP contribution >= 0.6 is 11.8 Å². The smallest absolute Gasteiger partial charge is 0.243 e. The van der Waals surface area contributed by atoms with Crippen LogP contribution in [-0.4, -0.2) is 39.5 Å². The number of rotatable bonds is 5. The highest BCUT2D eigenvalue weighted by molar-refractivity contribution is 8.00. The first-order valence-electron chi connectivity index (χ1n) is 5.82. The lowest BCUT2D eigenvalue weighted by Crippen LogP contribution is -2.31. The molecular weight excluding hydrogens is 280 g/mol. The fourth-order valence-electron chi connectivity index (χ4n) is 1.84. The minimum atomic E-state index is -1.36. The Morgan fingerprint density at radius 3 is 3.00 bits per heavy atom. The highest BCUT2D eigenvalue weighted by atomic mass is 32.2. The third-order valence-corrected chi connectivity index (χ3v) is 3.96. The molecule has 7 heteroatoms. The second kappa shape index (κ2) is 5.87. The van der Waals surface area contributed by atoms with Crippen molar-refractivity contribution >= 4 is 29.5 Å². The Morgan fingerprint density at radius 1 is 1.60 bits per heavy atom. The summed E-state index contributed by atoms with van der Waals surface area (Å²) in [7, 11) is 0. The number of carbonyl (C=O) groups is 3. The van der Waals surface area contributed by atoms with Gasteiger partial charge in [-0.05, 0) is 12.1 Å². The number of thioether (sulfide) groups is 1. The fourth-order valence-corrected chi connectivity index (χ4v) is 2.96. The predicted octanol–water partition coefficient (Wildman–Crippen LogP) is -0.149. The average molecular weight is 291 g/mol. The van der Waals surface area contributed by atoms with Crippen LogP contribution in [0.4, 0.5) is 0 Å². The van der Waals surface area contributed by atoms with Crippen LogP contribution in [0.2, 0.25) is 0 Å². The number of carboxylic acid groups (broad SMARTS) is 1. The molecular formula is C13H11N2O4S-. The first-order chi connectivity index (χ1) is 9.54. The summed E-state index contributed by atoms with van der Waals surface area (Å²) >= 11 is 0.969. The maximum atomic E-state index is 12.0. The molecule has 0 spiro atoms. The molecule has 20 heavy (non-hydrogen) atoms. The monoisotopic (exact) mass is 291 g/mol. The molecule has 1 fully saturated rings. The number of amides is 2. The van der Waals surface area contributed by atoms with Crippen LogP contribution in [0.5, 0.6) is 0 Å². The van der Waals surface area contributed by atoms with Gasteiger partial charge in [0.2, 0.25) is 11.8 Å². The van der Waals surface area contributed by atoms with Crippen molar-refractivity contribution in [3.63, 3.8) is 0 Å². The molecule has 1 atom stereocenters. The Bertz CT molecular complexity index is 587. The topological polar surface area (TPSA) is 90.4 Å². The molecule has 1 aromatic rings. The molecule has 0 aromatic carbocycles. The third kappa shape index (κ3) is 2.72.